The highest BCUT2D eigenvalue weighted by atomic mass is 79.9. The second-order valence-corrected chi connectivity index (χ2v) is 6.20. The van der Waals surface area contributed by atoms with Crippen LogP contribution in [0.15, 0.2) is 16.6 Å². The first kappa shape index (κ1) is 16.4. The van der Waals surface area contributed by atoms with E-state index in [0.717, 1.165) is 37.9 Å². The molecule has 1 heterocycles. The molecule has 0 aromatic heterocycles. The van der Waals surface area contributed by atoms with Gasteiger partial charge in [0.05, 0.1) is 0 Å². The minimum Gasteiger partial charge on any atom is -0.337 e. The van der Waals surface area contributed by atoms with E-state index in [0.29, 0.717) is 13.1 Å². The second-order valence-electron chi connectivity index (χ2n) is 5.29. The highest BCUT2D eigenvalue weighted by Gasteiger charge is 2.26. The fourth-order valence-electron chi connectivity index (χ4n) is 2.63. The Morgan fingerprint density at radius 2 is 2.10 bits per heavy atom. The number of benzene rings is 1. The number of nitrogens with one attached hydrogen (secondary N) is 1. The van der Waals surface area contributed by atoms with E-state index in [1.807, 2.05) is 6.92 Å². The first-order valence-corrected chi connectivity index (χ1v) is 7.99. The molecule has 0 aliphatic carbocycles. The van der Waals surface area contributed by atoms with Crippen molar-refractivity contribution in [3.63, 3.8) is 0 Å². The summed E-state index contributed by atoms with van der Waals surface area (Å²) in [7, 11) is 0. The Labute approximate surface area is 131 Å². The number of hydrogen-bond acceptors (Lipinski definition) is 2. The molecule has 1 unspecified atom stereocenters. The van der Waals surface area contributed by atoms with Crippen LogP contribution in [0.1, 0.15) is 36.5 Å². The predicted molar refractivity (Wildman–Crippen MR) is 81.3 cm³/mol. The second kappa shape index (κ2) is 7.31. The number of hydrogen-bond donors (Lipinski definition) is 1. The molecule has 1 aliphatic heterocycles. The van der Waals surface area contributed by atoms with Gasteiger partial charge < -0.3 is 10.2 Å². The molecule has 0 bridgehead atoms. The van der Waals surface area contributed by atoms with Crippen LogP contribution in [0.3, 0.4) is 0 Å². The van der Waals surface area contributed by atoms with Gasteiger partial charge in [0.25, 0.3) is 5.91 Å². The Hall–Kier alpha value is -1.01. The van der Waals surface area contributed by atoms with E-state index in [2.05, 4.69) is 21.2 Å². The van der Waals surface area contributed by atoms with Crippen molar-refractivity contribution >= 4 is 21.8 Å². The molecular weight excluding hydrogens is 342 g/mol. The van der Waals surface area contributed by atoms with E-state index in [1.54, 1.807) is 4.90 Å². The maximum Gasteiger partial charge on any atom is 0.259 e. The summed E-state index contributed by atoms with van der Waals surface area (Å²) < 4.78 is 28.2. The van der Waals surface area contributed by atoms with Crippen LogP contribution in [0.2, 0.25) is 0 Å². The lowest BCUT2D eigenvalue weighted by Crippen LogP contribution is -2.42. The van der Waals surface area contributed by atoms with Gasteiger partial charge in [-0.3, -0.25) is 4.79 Å². The Morgan fingerprint density at radius 3 is 2.62 bits per heavy atom. The average Bonchev–Trinajstić information content (AvgIpc) is 2.89. The van der Waals surface area contributed by atoms with E-state index in [1.165, 1.54) is 0 Å². The molecule has 21 heavy (non-hydrogen) atoms. The molecule has 1 saturated heterocycles. The molecule has 2 rings (SSSR count). The quantitative estimate of drug-likeness (QED) is 0.873. The fourth-order valence-corrected chi connectivity index (χ4v) is 3.03. The number of nitrogens with zero attached hydrogens (tertiary/aromatic N) is 1. The van der Waals surface area contributed by atoms with Gasteiger partial charge in [0.1, 0.15) is 17.2 Å². The van der Waals surface area contributed by atoms with Gasteiger partial charge in [-0.15, -0.1) is 0 Å². The average molecular weight is 361 g/mol. The monoisotopic (exact) mass is 360 g/mol. The van der Waals surface area contributed by atoms with E-state index in [4.69, 9.17) is 0 Å². The zero-order valence-electron chi connectivity index (χ0n) is 12.0. The summed E-state index contributed by atoms with van der Waals surface area (Å²) in [5.74, 6) is -2.23. The molecule has 1 atom stereocenters. The first-order chi connectivity index (χ1) is 10.0. The molecule has 1 N–H and O–H groups in total. The Bertz CT molecular complexity index is 495. The third-order valence-electron chi connectivity index (χ3n) is 3.60. The molecule has 6 heteroatoms. The minimum atomic E-state index is -0.827. The van der Waals surface area contributed by atoms with Crippen LogP contribution in [-0.2, 0) is 0 Å². The van der Waals surface area contributed by atoms with Crippen molar-refractivity contribution in [2.24, 2.45) is 0 Å². The number of rotatable bonds is 5. The van der Waals surface area contributed by atoms with Gasteiger partial charge in [0, 0.05) is 23.6 Å². The van der Waals surface area contributed by atoms with E-state index in [-0.39, 0.29) is 10.5 Å². The lowest BCUT2D eigenvalue weighted by molar-refractivity contribution is 0.0732. The van der Waals surface area contributed by atoms with Gasteiger partial charge in [0.2, 0.25) is 0 Å². The van der Waals surface area contributed by atoms with Crippen LogP contribution in [0, 0.1) is 11.6 Å². The van der Waals surface area contributed by atoms with Crippen LogP contribution in [0.5, 0.6) is 0 Å². The van der Waals surface area contributed by atoms with Crippen molar-refractivity contribution in [3.05, 3.63) is 33.8 Å². The third-order valence-corrected chi connectivity index (χ3v) is 4.06. The van der Waals surface area contributed by atoms with Crippen molar-refractivity contribution in [2.45, 2.75) is 32.2 Å². The van der Waals surface area contributed by atoms with Gasteiger partial charge in [-0.1, -0.05) is 22.9 Å². The third kappa shape index (κ3) is 4.01. The maximum absolute atomic E-state index is 13.9. The van der Waals surface area contributed by atoms with Crippen molar-refractivity contribution in [3.8, 4) is 0 Å². The molecule has 0 spiro atoms. The van der Waals surface area contributed by atoms with Gasteiger partial charge >= 0.3 is 0 Å². The predicted octanol–water partition coefficient (Wildman–Crippen LogP) is 3.33. The summed E-state index contributed by atoms with van der Waals surface area (Å²) in [6.45, 7) is 3.85. The molecule has 1 aliphatic rings. The van der Waals surface area contributed by atoms with Gasteiger partial charge in [-0.05, 0) is 37.9 Å². The molecule has 1 fully saturated rings. The highest BCUT2D eigenvalue weighted by molar-refractivity contribution is 9.10. The summed E-state index contributed by atoms with van der Waals surface area (Å²) in [4.78, 5) is 14.0. The number of halogens is 3. The zero-order valence-corrected chi connectivity index (χ0v) is 13.6. The van der Waals surface area contributed by atoms with Gasteiger partial charge in [-0.2, -0.15) is 0 Å². The van der Waals surface area contributed by atoms with E-state index < -0.39 is 23.1 Å². The lowest BCUT2D eigenvalue weighted by Gasteiger charge is -2.26. The Balaban J connectivity index is 2.21. The summed E-state index contributed by atoms with van der Waals surface area (Å²) in [5.41, 5.74) is -0.468. The SMILES string of the molecule is CCCN(CC1CCCN1)C(=O)c1c(F)cc(Br)cc1F. The standard InChI is InChI=1S/C15H19BrF2N2O/c1-2-6-20(9-11-4-3-5-19-11)15(21)14-12(17)7-10(16)8-13(14)18/h7-8,11,19H,2-6,9H2,1H3. The summed E-state index contributed by atoms with van der Waals surface area (Å²) >= 11 is 3.02. The lowest BCUT2D eigenvalue weighted by atomic mass is 10.1. The molecule has 1 aromatic rings. The van der Waals surface area contributed by atoms with Crippen LogP contribution < -0.4 is 5.32 Å². The molecule has 1 amide bonds. The minimum absolute atomic E-state index is 0.210. The molecule has 0 radical (unpaired) electrons. The molecular formula is C15H19BrF2N2O. The molecule has 1 aromatic carbocycles. The normalized spacial score (nSPS) is 18.0. The summed E-state index contributed by atoms with van der Waals surface area (Å²) in [6, 6.07) is 2.45. The van der Waals surface area contributed by atoms with Crippen molar-refractivity contribution in [1.29, 1.82) is 0 Å². The van der Waals surface area contributed by atoms with Crippen LogP contribution >= 0.6 is 15.9 Å². The topological polar surface area (TPSA) is 32.3 Å². The zero-order chi connectivity index (χ0) is 15.4. The number of carbonyl (C=O) groups excluding carboxylic acids is 1. The van der Waals surface area contributed by atoms with E-state index >= 15 is 0 Å². The molecule has 0 saturated carbocycles. The number of carbonyl (C=O) groups is 1. The van der Waals surface area contributed by atoms with Crippen LogP contribution in [0.25, 0.3) is 0 Å². The molecule has 116 valence electrons. The van der Waals surface area contributed by atoms with Crippen molar-refractivity contribution in [2.75, 3.05) is 19.6 Å². The van der Waals surface area contributed by atoms with Gasteiger partial charge in [-0.25, -0.2) is 8.78 Å². The first-order valence-electron chi connectivity index (χ1n) is 7.20. The van der Waals surface area contributed by atoms with E-state index in [9.17, 15) is 13.6 Å². The highest BCUT2D eigenvalue weighted by Crippen LogP contribution is 2.21. The van der Waals surface area contributed by atoms with Crippen molar-refractivity contribution in [1.82, 2.24) is 10.2 Å². The number of amides is 1. The Kier molecular flexibility index (Phi) is 5.70. The van der Waals surface area contributed by atoms with Crippen LogP contribution in [0.4, 0.5) is 8.78 Å². The maximum atomic E-state index is 13.9. The largest absolute Gasteiger partial charge is 0.337 e. The van der Waals surface area contributed by atoms with Crippen LogP contribution in [-0.4, -0.2) is 36.5 Å². The Morgan fingerprint density at radius 1 is 1.43 bits per heavy atom. The summed E-state index contributed by atoms with van der Waals surface area (Å²) in [5, 5.41) is 3.30. The van der Waals surface area contributed by atoms with Gasteiger partial charge in [0.15, 0.2) is 0 Å². The smallest absolute Gasteiger partial charge is 0.259 e. The molecule has 3 nitrogen and oxygen atoms in total. The fraction of sp³-hybridized carbons (Fsp3) is 0.533. The summed E-state index contributed by atoms with van der Waals surface area (Å²) in [6.07, 6.45) is 2.80. The van der Waals surface area contributed by atoms with Crippen molar-refractivity contribution < 1.29 is 13.6 Å².